The summed E-state index contributed by atoms with van der Waals surface area (Å²) in [4.78, 5) is 0. The summed E-state index contributed by atoms with van der Waals surface area (Å²) in [7, 11) is 0. The summed E-state index contributed by atoms with van der Waals surface area (Å²) >= 11 is 0. The first-order chi connectivity index (χ1) is 3.38. The van der Waals surface area contributed by atoms with Crippen LogP contribution in [0.1, 0.15) is 13.3 Å². The van der Waals surface area contributed by atoms with Crippen molar-refractivity contribution in [2.24, 2.45) is 11.0 Å². The topological polar surface area (TPSA) is 24.4 Å². The summed E-state index contributed by atoms with van der Waals surface area (Å²) in [6.45, 7) is 2.09. The van der Waals surface area contributed by atoms with Crippen molar-refractivity contribution in [3.05, 3.63) is 0 Å². The molecule has 0 saturated heterocycles. The Morgan fingerprint density at radius 3 is 2.86 bits per heavy atom. The molecule has 1 N–H and O–H groups in total. The number of nitrogens with one attached hydrogen (secondary N) is 1. The van der Waals surface area contributed by atoms with Gasteiger partial charge in [0, 0.05) is 11.6 Å². The lowest BCUT2D eigenvalue weighted by atomic mass is 10.3. The highest BCUT2D eigenvalue weighted by atomic mass is 15.4. The molecule has 0 amide bonds. The van der Waals surface area contributed by atoms with Crippen molar-refractivity contribution in [2.75, 3.05) is 0 Å². The Balaban J connectivity index is 2.25. The number of fused-ring (bicyclic) bond motifs is 1. The van der Waals surface area contributed by atoms with Crippen LogP contribution in [0.15, 0.2) is 5.10 Å². The molecule has 1 aliphatic carbocycles. The number of hydrazone groups is 1. The molecule has 2 unspecified atom stereocenters. The van der Waals surface area contributed by atoms with Crippen molar-refractivity contribution in [3.63, 3.8) is 0 Å². The van der Waals surface area contributed by atoms with Crippen LogP contribution in [-0.4, -0.2) is 11.8 Å². The maximum Gasteiger partial charge on any atom is 0.0528 e. The molecule has 1 aliphatic heterocycles. The predicted molar refractivity (Wildman–Crippen MR) is 28.1 cm³/mol. The van der Waals surface area contributed by atoms with Gasteiger partial charge in [-0.1, -0.05) is 0 Å². The van der Waals surface area contributed by atoms with Crippen LogP contribution in [0.25, 0.3) is 0 Å². The van der Waals surface area contributed by atoms with Gasteiger partial charge >= 0.3 is 0 Å². The van der Waals surface area contributed by atoms with Crippen LogP contribution in [-0.2, 0) is 0 Å². The van der Waals surface area contributed by atoms with E-state index in [9.17, 15) is 0 Å². The second-order valence-electron chi connectivity index (χ2n) is 2.33. The minimum absolute atomic E-state index is 0.736. The molecular weight excluding hydrogens is 88.1 g/mol. The second-order valence-corrected chi connectivity index (χ2v) is 2.33. The summed E-state index contributed by atoms with van der Waals surface area (Å²) in [5, 5.41) is 4.03. The molecule has 0 aromatic carbocycles. The zero-order valence-electron chi connectivity index (χ0n) is 4.31. The van der Waals surface area contributed by atoms with Crippen LogP contribution in [0.5, 0.6) is 0 Å². The number of rotatable bonds is 0. The highest BCUT2D eigenvalue weighted by molar-refractivity contribution is 5.89. The molecule has 0 aromatic rings. The van der Waals surface area contributed by atoms with Gasteiger partial charge in [0.25, 0.3) is 0 Å². The normalized spacial score (nSPS) is 44.4. The summed E-state index contributed by atoms with van der Waals surface area (Å²) in [6.07, 6.45) is 1.33. The molecule has 0 bridgehead atoms. The van der Waals surface area contributed by atoms with Gasteiger partial charge in [0.05, 0.1) is 6.04 Å². The third-order valence-corrected chi connectivity index (χ3v) is 1.73. The van der Waals surface area contributed by atoms with Crippen molar-refractivity contribution >= 4 is 5.71 Å². The van der Waals surface area contributed by atoms with Crippen molar-refractivity contribution in [1.82, 2.24) is 5.43 Å². The van der Waals surface area contributed by atoms with Gasteiger partial charge in [0.2, 0.25) is 0 Å². The van der Waals surface area contributed by atoms with Gasteiger partial charge in [0.15, 0.2) is 0 Å². The van der Waals surface area contributed by atoms with Crippen molar-refractivity contribution in [2.45, 2.75) is 19.4 Å². The fraction of sp³-hybridized carbons (Fsp3) is 0.800. The first-order valence-corrected chi connectivity index (χ1v) is 2.67. The fourth-order valence-electron chi connectivity index (χ4n) is 1.07. The molecule has 0 aromatic heterocycles. The summed E-state index contributed by atoms with van der Waals surface area (Å²) in [5.41, 5.74) is 4.33. The van der Waals surface area contributed by atoms with Gasteiger partial charge < -0.3 is 5.43 Å². The molecule has 38 valence electrons. The van der Waals surface area contributed by atoms with E-state index in [1.54, 1.807) is 0 Å². The Morgan fingerprint density at radius 2 is 2.71 bits per heavy atom. The largest absolute Gasteiger partial charge is 0.306 e. The van der Waals surface area contributed by atoms with Gasteiger partial charge in [-0.15, -0.1) is 0 Å². The van der Waals surface area contributed by atoms with Gasteiger partial charge in [-0.05, 0) is 13.3 Å². The van der Waals surface area contributed by atoms with Crippen LogP contribution < -0.4 is 5.43 Å². The van der Waals surface area contributed by atoms with Crippen molar-refractivity contribution < 1.29 is 0 Å². The summed E-state index contributed by atoms with van der Waals surface area (Å²) in [5.74, 6) is 0.819. The van der Waals surface area contributed by atoms with Crippen LogP contribution >= 0.6 is 0 Å². The molecule has 1 saturated carbocycles. The SMILES string of the molecule is CC1=NNC2CC12. The van der Waals surface area contributed by atoms with E-state index in [0.29, 0.717) is 0 Å². The van der Waals surface area contributed by atoms with E-state index in [4.69, 9.17) is 0 Å². The quantitative estimate of drug-likeness (QED) is 0.462. The fourth-order valence-corrected chi connectivity index (χ4v) is 1.07. The Labute approximate surface area is 42.6 Å². The van der Waals surface area contributed by atoms with E-state index in [2.05, 4.69) is 17.5 Å². The van der Waals surface area contributed by atoms with Gasteiger partial charge in [-0.2, -0.15) is 5.10 Å². The number of hydrogen-bond donors (Lipinski definition) is 1. The van der Waals surface area contributed by atoms with Crippen LogP contribution in [0.4, 0.5) is 0 Å². The summed E-state index contributed by atoms with van der Waals surface area (Å²) < 4.78 is 0. The van der Waals surface area contributed by atoms with Crippen LogP contribution in [0.3, 0.4) is 0 Å². The van der Waals surface area contributed by atoms with E-state index in [1.165, 1.54) is 12.1 Å². The average molecular weight is 96.1 g/mol. The van der Waals surface area contributed by atoms with E-state index in [-0.39, 0.29) is 0 Å². The third-order valence-electron chi connectivity index (χ3n) is 1.73. The van der Waals surface area contributed by atoms with Crippen LogP contribution in [0, 0.1) is 5.92 Å². The van der Waals surface area contributed by atoms with E-state index in [1.807, 2.05) is 0 Å². The van der Waals surface area contributed by atoms with E-state index in [0.717, 1.165) is 12.0 Å². The van der Waals surface area contributed by atoms with Crippen LogP contribution in [0.2, 0.25) is 0 Å². The molecule has 2 nitrogen and oxygen atoms in total. The Morgan fingerprint density at radius 1 is 1.86 bits per heavy atom. The highest BCUT2D eigenvalue weighted by Crippen LogP contribution is 2.35. The molecular formula is C5H8N2. The minimum atomic E-state index is 0.736. The van der Waals surface area contributed by atoms with Gasteiger partial charge in [0.1, 0.15) is 0 Å². The highest BCUT2D eigenvalue weighted by Gasteiger charge is 2.43. The zero-order valence-corrected chi connectivity index (χ0v) is 4.31. The van der Waals surface area contributed by atoms with Crippen molar-refractivity contribution in [1.29, 1.82) is 0 Å². The Kier molecular flexibility index (Phi) is 0.412. The van der Waals surface area contributed by atoms with Gasteiger partial charge in [-0.25, -0.2) is 0 Å². The molecule has 2 rings (SSSR count). The lowest BCUT2D eigenvalue weighted by Crippen LogP contribution is -2.02. The number of hydrogen-bond acceptors (Lipinski definition) is 2. The van der Waals surface area contributed by atoms with Gasteiger partial charge in [-0.3, -0.25) is 0 Å². The Hall–Kier alpha value is -0.530. The van der Waals surface area contributed by atoms with Crippen molar-refractivity contribution in [3.8, 4) is 0 Å². The molecule has 1 heterocycles. The monoisotopic (exact) mass is 96.1 g/mol. The lowest BCUT2D eigenvalue weighted by Gasteiger charge is -1.85. The standard InChI is InChI=1S/C5H8N2/c1-3-4-2-5(4)7-6-3/h4-5,7H,2H2,1H3. The zero-order chi connectivity index (χ0) is 4.85. The lowest BCUT2D eigenvalue weighted by molar-refractivity contribution is 0.759. The molecule has 2 atom stereocenters. The average Bonchev–Trinajstić information content (AvgIpc) is 2.33. The molecule has 0 spiro atoms. The van der Waals surface area contributed by atoms with E-state index < -0.39 is 0 Å². The number of nitrogens with zero attached hydrogens (tertiary/aromatic N) is 1. The smallest absolute Gasteiger partial charge is 0.0528 e. The molecule has 2 heteroatoms. The molecule has 1 fully saturated rings. The first kappa shape index (κ1) is 3.47. The van der Waals surface area contributed by atoms with E-state index >= 15 is 0 Å². The maximum atomic E-state index is 4.03. The molecule has 2 aliphatic rings. The predicted octanol–water partition coefficient (Wildman–Crippen LogP) is 0.354. The first-order valence-electron chi connectivity index (χ1n) is 2.67. The second kappa shape index (κ2) is 0.831. The summed E-state index contributed by atoms with van der Waals surface area (Å²) in [6, 6.07) is 0.736. The Bertz CT molecular complexity index is 128. The minimum Gasteiger partial charge on any atom is -0.306 e. The molecule has 0 radical (unpaired) electrons. The third kappa shape index (κ3) is 0.315. The maximum absolute atomic E-state index is 4.03. The molecule has 7 heavy (non-hydrogen) atoms.